The van der Waals surface area contributed by atoms with Crippen LogP contribution in [0, 0.1) is 0 Å². The number of aliphatic hydroxyl groups excluding tert-OH is 2. The number of hydrogen-bond acceptors (Lipinski definition) is 4. The zero-order valence-corrected chi connectivity index (χ0v) is 10.4. The van der Waals surface area contributed by atoms with Crippen molar-refractivity contribution < 1.29 is 51.1 Å². The van der Waals surface area contributed by atoms with Crippen LogP contribution in [0.5, 0.6) is 0 Å². The summed E-state index contributed by atoms with van der Waals surface area (Å²) in [6, 6.07) is 0. The van der Waals surface area contributed by atoms with Crippen LogP contribution in [-0.2, 0) is 4.79 Å². The van der Waals surface area contributed by atoms with Crippen molar-refractivity contribution in [3.63, 3.8) is 0 Å². The molecule has 6 heteroatoms. The first-order chi connectivity index (χ1) is 6.06. The van der Waals surface area contributed by atoms with Gasteiger partial charge < -0.3 is 16.7 Å². The minimum Gasteiger partial charge on any atom is -1.00 e. The third kappa shape index (κ3) is 10.0. The molecule has 0 heterocycles. The van der Waals surface area contributed by atoms with Gasteiger partial charge >= 0.3 is 35.5 Å². The molecule has 0 fully saturated rings. The van der Waals surface area contributed by atoms with E-state index in [1.807, 2.05) is 0 Å². The average Bonchev–Trinajstić information content (AvgIpc) is 1.99. The van der Waals surface area contributed by atoms with Gasteiger partial charge in [-0.1, -0.05) is 6.58 Å². The Balaban J connectivity index is -0.000000720. The van der Waals surface area contributed by atoms with E-state index in [2.05, 4.69) is 6.58 Å². The molecule has 78 valence electrons. The number of hydrogen-bond donors (Lipinski definition) is 3. The van der Waals surface area contributed by atoms with Crippen LogP contribution < -0.4 is 29.6 Å². The Morgan fingerprint density at radius 2 is 1.93 bits per heavy atom. The standard InChI is InChI=1S/C8H15NO4.Na.H/c1-7(11)6-9(4-5-10)3-2-8(12)13;;/h10-11H,1-6H2,(H,12,13);;/q;+1;-1. The Morgan fingerprint density at radius 1 is 1.36 bits per heavy atom. The fourth-order valence-electron chi connectivity index (χ4n) is 0.923. The van der Waals surface area contributed by atoms with Crippen molar-refractivity contribution in [3.05, 3.63) is 12.3 Å². The van der Waals surface area contributed by atoms with Gasteiger partial charge in [-0.05, 0) is 0 Å². The van der Waals surface area contributed by atoms with Gasteiger partial charge in [0.2, 0.25) is 0 Å². The van der Waals surface area contributed by atoms with Crippen LogP contribution in [-0.4, -0.2) is 52.4 Å². The molecule has 0 rings (SSSR count). The van der Waals surface area contributed by atoms with Crippen molar-refractivity contribution in [2.45, 2.75) is 6.42 Å². The van der Waals surface area contributed by atoms with Crippen molar-refractivity contribution in [3.8, 4) is 0 Å². The molecule has 5 nitrogen and oxygen atoms in total. The van der Waals surface area contributed by atoms with Gasteiger partial charge in [-0.3, -0.25) is 9.69 Å². The quantitative estimate of drug-likeness (QED) is 0.309. The summed E-state index contributed by atoms with van der Waals surface area (Å²) >= 11 is 0. The van der Waals surface area contributed by atoms with Gasteiger partial charge in [-0.15, -0.1) is 0 Å². The molecular weight excluding hydrogens is 197 g/mol. The van der Waals surface area contributed by atoms with Gasteiger partial charge in [0.05, 0.1) is 25.3 Å². The Bertz CT molecular complexity index is 191. The van der Waals surface area contributed by atoms with Crippen LogP contribution in [0.15, 0.2) is 12.3 Å². The Morgan fingerprint density at radius 3 is 2.29 bits per heavy atom. The predicted octanol–water partition coefficient (Wildman–Crippen LogP) is -3.06. The molecule has 0 bridgehead atoms. The number of nitrogens with zero attached hydrogens (tertiary/aromatic N) is 1. The number of rotatable bonds is 7. The summed E-state index contributed by atoms with van der Waals surface area (Å²) in [7, 11) is 0. The van der Waals surface area contributed by atoms with E-state index in [9.17, 15) is 4.79 Å². The van der Waals surface area contributed by atoms with Crippen LogP contribution in [0.25, 0.3) is 0 Å². The molecule has 0 aliphatic carbocycles. The second kappa shape index (κ2) is 9.48. The van der Waals surface area contributed by atoms with E-state index in [4.69, 9.17) is 15.3 Å². The Labute approximate surface area is 107 Å². The number of aliphatic hydroxyl groups is 2. The van der Waals surface area contributed by atoms with Gasteiger partial charge in [0.1, 0.15) is 0 Å². The molecule has 0 aliphatic rings. The third-order valence-electron chi connectivity index (χ3n) is 1.46. The Kier molecular flexibility index (Phi) is 11.1. The van der Waals surface area contributed by atoms with E-state index < -0.39 is 5.97 Å². The zero-order chi connectivity index (χ0) is 10.3. The van der Waals surface area contributed by atoms with E-state index >= 15 is 0 Å². The molecule has 0 amide bonds. The molecule has 14 heavy (non-hydrogen) atoms. The van der Waals surface area contributed by atoms with E-state index in [0.717, 1.165) is 0 Å². The molecule has 0 saturated carbocycles. The molecule has 0 aromatic carbocycles. The average molecular weight is 213 g/mol. The molecule has 0 spiro atoms. The largest absolute Gasteiger partial charge is 1.00 e. The van der Waals surface area contributed by atoms with Crippen molar-refractivity contribution in [2.24, 2.45) is 0 Å². The van der Waals surface area contributed by atoms with E-state index in [0.29, 0.717) is 13.1 Å². The summed E-state index contributed by atoms with van der Waals surface area (Å²) in [4.78, 5) is 11.8. The summed E-state index contributed by atoms with van der Waals surface area (Å²) in [5.74, 6) is -0.926. The SMILES string of the molecule is C=C(O)CN(CCO)CCC(=O)O.[H-].[Na+]. The molecule has 0 saturated heterocycles. The van der Waals surface area contributed by atoms with Gasteiger partial charge in [0, 0.05) is 13.1 Å². The molecule has 0 aromatic heterocycles. The first-order valence-corrected chi connectivity index (χ1v) is 3.98. The van der Waals surface area contributed by atoms with E-state index in [1.54, 1.807) is 4.90 Å². The summed E-state index contributed by atoms with van der Waals surface area (Å²) in [5.41, 5.74) is 0. The third-order valence-corrected chi connectivity index (χ3v) is 1.46. The van der Waals surface area contributed by atoms with Gasteiger partial charge in [-0.25, -0.2) is 0 Å². The molecule has 0 aliphatic heterocycles. The fraction of sp³-hybridized carbons (Fsp3) is 0.625. The normalized spacial score (nSPS) is 9.57. The minimum atomic E-state index is -0.897. The maximum absolute atomic E-state index is 10.2. The molecule has 0 unspecified atom stereocenters. The summed E-state index contributed by atoms with van der Waals surface area (Å²) in [6.07, 6.45) is -0.00667. The molecule has 3 N–H and O–H groups in total. The topological polar surface area (TPSA) is 81.0 Å². The fourth-order valence-corrected chi connectivity index (χ4v) is 0.923. The molecule has 0 aromatic rings. The second-order valence-corrected chi connectivity index (χ2v) is 2.71. The van der Waals surface area contributed by atoms with Gasteiger partial charge in [0.15, 0.2) is 0 Å². The first kappa shape index (κ1) is 16.4. The van der Waals surface area contributed by atoms with Gasteiger partial charge in [0.25, 0.3) is 0 Å². The number of carbonyl (C=O) groups is 1. The van der Waals surface area contributed by atoms with E-state index in [1.165, 1.54) is 0 Å². The van der Waals surface area contributed by atoms with Crippen LogP contribution >= 0.6 is 0 Å². The Hall–Kier alpha value is -0.0700. The summed E-state index contributed by atoms with van der Waals surface area (Å²) in [5, 5.41) is 25.9. The predicted molar refractivity (Wildman–Crippen MR) is 48.7 cm³/mol. The molecule has 0 atom stereocenters. The van der Waals surface area contributed by atoms with E-state index in [-0.39, 0.29) is 56.3 Å². The smallest absolute Gasteiger partial charge is 1.00 e. The van der Waals surface area contributed by atoms with Crippen molar-refractivity contribution in [1.29, 1.82) is 0 Å². The molecular formula is C8H16NNaO4. The second-order valence-electron chi connectivity index (χ2n) is 2.71. The zero-order valence-electron chi connectivity index (χ0n) is 9.44. The summed E-state index contributed by atoms with van der Waals surface area (Å²) in [6.45, 7) is 4.07. The monoisotopic (exact) mass is 213 g/mol. The van der Waals surface area contributed by atoms with Crippen LogP contribution in [0.2, 0.25) is 0 Å². The van der Waals surface area contributed by atoms with Crippen molar-refractivity contribution in [2.75, 3.05) is 26.2 Å². The minimum absolute atomic E-state index is 0. The van der Waals surface area contributed by atoms with Crippen molar-refractivity contribution in [1.82, 2.24) is 4.90 Å². The summed E-state index contributed by atoms with van der Waals surface area (Å²) < 4.78 is 0. The maximum Gasteiger partial charge on any atom is 1.00 e. The maximum atomic E-state index is 10.2. The van der Waals surface area contributed by atoms with Crippen LogP contribution in [0.4, 0.5) is 0 Å². The van der Waals surface area contributed by atoms with Crippen LogP contribution in [0.1, 0.15) is 7.85 Å². The number of aliphatic carboxylic acids is 1. The van der Waals surface area contributed by atoms with Crippen molar-refractivity contribution >= 4 is 5.97 Å². The number of carboxylic acids is 1. The van der Waals surface area contributed by atoms with Crippen LogP contribution in [0.3, 0.4) is 0 Å². The number of carboxylic acid groups (broad SMARTS) is 1. The first-order valence-electron chi connectivity index (χ1n) is 3.98. The van der Waals surface area contributed by atoms with Gasteiger partial charge in [-0.2, -0.15) is 0 Å². The molecule has 0 radical (unpaired) electrons.